The van der Waals surface area contributed by atoms with E-state index >= 15 is 0 Å². The van der Waals surface area contributed by atoms with E-state index in [0.29, 0.717) is 16.9 Å². The molecule has 3 aromatic heterocycles. The molecule has 0 aliphatic heterocycles. The van der Waals surface area contributed by atoms with E-state index < -0.39 is 5.69 Å². The van der Waals surface area contributed by atoms with Gasteiger partial charge >= 0.3 is 5.69 Å². The standard InChI is InChI=1S/C24H23N5O3/c1-15-8-10-17(11-9-15)14-28-22(30)20-21(26(3)24(28)31)25-23-27(20)13-16(2)29(23)18-6-5-7-19(12-18)32-4/h5-13H,14H2,1-4H3. The van der Waals surface area contributed by atoms with Crippen LogP contribution in [0.1, 0.15) is 16.8 Å². The van der Waals surface area contributed by atoms with Gasteiger partial charge in [-0.05, 0) is 31.5 Å². The number of methoxy groups -OCH3 is 1. The summed E-state index contributed by atoms with van der Waals surface area (Å²) in [6.07, 6.45) is 1.87. The second-order valence-electron chi connectivity index (χ2n) is 7.98. The summed E-state index contributed by atoms with van der Waals surface area (Å²) in [6, 6.07) is 15.4. The largest absolute Gasteiger partial charge is 0.497 e. The Morgan fingerprint density at radius 1 is 1.03 bits per heavy atom. The molecule has 0 spiro atoms. The van der Waals surface area contributed by atoms with Gasteiger partial charge in [-0.15, -0.1) is 0 Å². The highest BCUT2D eigenvalue weighted by atomic mass is 16.5. The van der Waals surface area contributed by atoms with Crippen molar-refractivity contribution in [2.75, 3.05) is 7.11 Å². The van der Waals surface area contributed by atoms with Gasteiger partial charge in [0.15, 0.2) is 11.2 Å². The number of benzene rings is 2. The van der Waals surface area contributed by atoms with E-state index in [4.69, 9.17) is 4.74 Å². The summed E-state index contributed by atoms with van der Waals surface area (Å²) in [5, 5.41) is 0. The summed E-state index contributed by atoms with van der Waals surface area (Å²) in [6.45, 7) is 4.15. The first-order valence-corrected chi connectivity index (χ1v) is 10.3. The molecule has 3 heterocycles. The number of rotatable bonds is 4. The molecule has 32 heavy (non-hydrogen) atoms. The number of aryl methyl sites for hydroxylation is 3. The monoisotopic (exact) mass is 429 g/mol. The first-order chi connectivity index (χ1) is 15.4. The maximum Gasteiger partial charge on any atom is 0.332 e. The van der Waals surface area contributed by atoms with Gasteiger partial charge in [-0.2, -0.15) is 4.98 Å². The third-order valence-electron chi connectivity index (χ3n) is 5.80. The Labute approximate surface area is 183 Å². The average Bonchev–Trinajstić information content (AvgIpc) is 3.31. The van der Waals surface area contributed by atoms with Crippen LogP contribution in [0.4, 0.5) is 0 Å². The van der Waals surface area contributed by atoms with E-state index in [0.717, 1.165) is 28.3 Å². The molecule has 0 unspecified atom stereocenters. The van der Waals surface area contributed by atoms with Gasteiger partial charge in [-0.25, -0.2) is 4.79 Å². The minimum atomic E-state index is -0.395. The van der Waals surface area contributed by atoms with Crippen LogP contribution in [0, 0.1) is 13.8 Å². The van der Waals surface area contributed by atoms with Crippen LogP contribution < -0.4 is 16.0 Å². The molecule has 0 fully saturated rings. The second kappa shape index (κ2) is 7.26. The first-order valence-electron chi connectivity index (χ1n) is 10.3. The SMILES string of the molecule is COc1cccc(-n2c(C)cn3c4c(=O)n(Cc5ccc(C)cc5)c(=O)n(C)c4nc23)c1. The van der Waals surface area contributed by atoms with E-state index in [2.05, 4.69) is 4.98 Å². The zero-order valence-corrected chi connectivity index (χ0v) is 18.4. The summed E-state index contributed by atoms with van der Waals surface area (Å²) in [4.78, 5) is 31.2. The van der Waals surface area contributed by atoms with Crippen LogP contribution in [-0.2, 0) is 13.6 Å². The molecular formula is C24H23N5O3. The molecule has 8 heteroatoms. The lowest BCUT2D eigenvalue weighted by Gasteiger charge is -2.08. The predicted molar refractivity (Wildman–Crippen MR) is 123 cm³/mol. The Bertz CT molecular complexity index is 1600. The van der Waals surface area contributed by atoms with Gasteiger partial charge in [0.2, 0.25) is 5.78 Å². The van der Waals surface area contributed by atoms with Crippen LogP contribution in [-0.4, -0.2) is 30.2 Å². The summed E-state index contributed by atoms with van der Waals surface area (Å²) >= 11 is 0. The van der Waals surface area contributed by atoms with E-state index in [1.54, 1.807) is 18.6 Å². The highest BCUT2D eigenvalue weighted by Crippen LogP contribution is 2.23. The van der Waals surface area contributed by atoms with Gasteiger partial charge in [0.25, 0.3) is 5.56 Å². The first kappa shape index (κ1) is 19.9. The van der Waals surface area contributed by atoms with Crippen molar-refractivity contribution in [3.63, 3.8) is 0 Å². The van der Waals surface area contributed by atoms with Gasteiger partial charge in [-0.3, -0.25) is 22.9 Å². The molecule has 0 saturated heterocycles. The molecule has 8 nitrogen and oxygen atoms in total. The number of nitrogens with zero attached hydrogens (tertiary/aromatic N) is 5. The smallest absolute Gasteiger partial charge is 0.332 e. The molecule has 0 saturated carbocycles. The molecule has 0 radical (unpaired) electrons. The normalized spacial score (nSPS) is 11.5. The van der Waals surface area contributed by atoms with Crippen LogP contribution in [0.25, 0.3) is 22.6 Å². The van der Waals surface area contributed by atoms with Crippen molar-refractivity contribution in [1.82, 2.24) is 23.1 Å². The quantitative estimate of drug-likeness (QED) is 0.440. The number of ether oxygens (including phenoxy) is 1. The average molecular weight is 429 g/mol. The van der Waals surface area contributed by atoms with Gasteiger partial charge < -0.3 is 4.74 Å². The molecule has 0 bridgehead atoms. The predicted octanol–water partition coefficient (Wildman–Crippen LogP) is 2.81. The van der Waals surface area contributed by atoms with Crippen LogP contribution in [0.15, 0.2) is 64.3 Å². The van der Waals surface area contributed by atoms with Crippen LogP contribution in [0.5, 0.6) is 5.75 Å². The lowest BCUT2D eigenvalue weighted by atomic mass is 10.1. The second-order valence-corrected chi connectivity index (χ2v) is 7.98. The van der Waals surface area contributed by atoms with E-state index in [1.165, 1.54) is 9.13 Å². The van der Waals surface area contributed by atoms with E-state index in [-0.39, 0.29) is 12.1 Å². The van der Waals surface area contributed by atoms with Crippen molar-refractivity contribution in [2.24, 2.45) is 7.05 Å². The fraction of sp³-hybridized carbons (Fsp3) is 0.208. The van der Waals surface area contributed by atoms with Crippen LogP contribution in [0.2, 0.25) is 0 Å². The zero-order valence-electron chi connectivity index (χ0n) is 18.4. The third-order valence-corrected chi connectivity index (χ3v) is 5.80. The van der Waals surface area contributed by atoms with Crippen molar-refractivity contribution >= 4 is 16.9 Å². The van der Waals surface area contributed by atoms with Crippen molar-refractivity contribution in [1.29, 1.82) is 0 Å². The summed E-state index contributed by atoms with van der Waals surface area (Å²) in [5.74, 6) is 1.28. The molecule has 0 atom stereocenters. The highest BCUT2D eigenvalue weighted by molar-refractivity contribution is 5.76. The minimum Gasteiger partial charge on any atom is -0.497 e. The van der Waals surface area contributed by atoms with Crippen LogP contribution in [0.3, 0.4) is 0 Å². The van der Waals surface area contributed by atoms with Gasteiger partial charge in [0, 0.05) is 25.0 Å². The topological polar surface area (TPSA) is 75.5 Å². The molecule has 5 aromatic rings. The lowest BCUT2D eigenvalue weighted by Crippen LogP contribution is -2.39. The Hall–Kier alpha value is -4.07. The molecular weight excluding hydrogens is 406 g/mol. The third kappa shape index (κ3) is 2.95. The minimum absolute atomic E-state index is 0.199. The van der Waals surface area contributed by atoms with Gasteiger partial charge in [0.1, 0.15) is 5.75 Å². The molecule has 162 valence electrons. The summed E-state index contributed by atoms with van der Waals surface area (Å²) in [5.41, 5.74) is 3.74. The fourth-order valence-electron chi connectivity index (χ4n) is 4.09. The Kier molecular flexibility index (Phi) is 4.51. The van der Waals surface area contributed by atoms with Gasteiger partial charge in [-0.1, -0.05) is 35.9 Å². The number of fused-ring (bicyclic) bond motifs is 3. The van der Waals surface area contributed by atoms with Crippen molar-refractivity contribution in [2.45, 2.75) is 20.4 Å². The zero-order chi connectivity index (χ0) is 22.6. The molecule has 2 aromatic carbocycles. The summed E-state index contributed by atoms with van der Waals surface area (Å²) in [7, 11) is 3.26. The number of imidazole rings is 2. The van der Waals surface area contributed by atoms with Crippen molar-refractivity contribution < 1.29 is 4.74 Å². The van der Waals surface area contributed by atoms with E-state index in [9.17, 15) is 9.59 Å². The molecule has 0 N–H and O–H groups in total. The number of hydrogen-bond acceptors (Lipinski definition) is 4. The van der Waals surface area contributed by atoms with Crippen molar-refractivity contribution in [3.05, 3.63) is 92.4 Å². The molecule has 0 aliphatic carbocycles. The van der Waals surface area contributed by atoms with Gasteiger partial charge in [0.05, 0.1) is 19.3 Å². The maximum absolute atomic E-state index is 13.5. The van der Waals surface area contributed by atoms with Crippen LogP contribution >= 0.6 is 0 Å². The number of hydrogen-bond donors (Lipinski definition) is 0. The number of aromatic nitrogens is 5. The summed E-state index contributed by atoms with van der Waals surface area (Å²) < 4.78 is 11.8. The van der Waals surface area contributed by atoms with Crippen molar-refractivity contribution in [3.8, 4) is 11.4 Å². The lowest BCUT2D eigenvalue weighted by molar-refractivity contribution is 0.414. The highest BCUT2D eigenvalue weighted by Gasteiger charge is 2.21. The fourth-order valence-corrected chi connectivity index (χ4v) is 4.09. The Morgan fingerprint density at radius 2 is 1.78 bits per heavy atom. The molecule has 0 aliphatic rings. The molecule has 0 amide bonds. The Morgan fingerprint density at radius 3 is 2.50 bits per heavy atom. The Balaban J connectivity index is 1.77. The molecule has 5 rings (SSSR count). The maximum atomic E-state index is 13.5. The van der Waals surface area contributed by atoms with E-state index in [1.807, 2.05) is 73.1 Å².